The third kappa shape index (κ3) is 4.55. The van der Waals surface area contributed by atoms with Crippen LogP contribution >= 0.6 is 27.5 Å². The van der Waals surface area contributed by atoms with Gasteiger partial charge in [-0.25, -0.2) is 4.98 Å². The number of methoxy groups -OCH3 is 1. The molecule has 9 nitrogen and oxygen atoms in total. The highest BCUT2D eigenvalue weighted by Gasteiger charge is 2.57. The van der Waals surface area contributed by atoms with Crippen molar-refractivity contribution in [2.24, 2.45) is 17.8 Å². The zero-order valence-electron chi connectivity index (χ0n) is 23.0. The molecule has 1 aromatic heterocycles. The molecule has 4 aliphatic rings. The number of alkyl halides is 3. The molecule has 0 saturated carbocycles. The number of hydrogen-bond donors (Lipinski definition) is 1. The zero-order valence-corrected chi connectivity index (χ0v) is 25.3. The maximum Gasteiger partial charge on any atom is 0.433 e. The van der Waals surface area contributed by atoms with E-state index in [2.05, 4.69) is 20.9 Å². The molecule has 14 heteroatoms. The molecule has 1 N–H and O–H groups in total. The van der Waals surface area contributed by atoms with E-state index in [1.807, 2.05) is 0 Å². The molecular weight excluding hydrogens is 671 g/mol. The monoisotopic (exact) mass is 691 g/mol. The van der Waals surface area contributed by atoms with Crippen molar-refractivity contribution >= 4 is 56.7 Å². The Morgan fingerprint density at radius 2 is 1.84 bits per heavy atom. The number of ether oxygens (including phenoxy) is 1. The van der Waals surface area contributed by atoms with Gasteiger partial charge in [0.25, 0.3) is 11.8 Å². The number of benzene rings is 1. The van der Waals surface area contributed by atoms with Gasteiger partial charge in [-0.1, -0.05) is 29.3 Å². The molecule has 228 valence electrons. The highest BCUT2D eigenvalue weighted by Crippen LogP contribution is 2.56. The lowest BCUT2D eigenvalue weighted by molar-refractivity contribution is -0.141. The normalized spacial score (nSPS) is 24.9. The van der Waals surface area contributed by atoms with Gasteiger partial charge in [-0.05, 0) is 64.5 Å². The first-order valence-corrected chi connectivity index (χ1v) is 14.5. The van der Waals surface area contributed by atoms with E-state index in [-0.39, 0.29) is 45.0 Å². The standard InChI is InChI=1S/C30H22BrClF3N3O6/c1-37(27-18(32)6-8-22(36-27)30(33,34)35)38-28(42)14-5-4-13-15(24(14)29(38)43)10-16-25(20(40)11-17(31)26(16)41)23(13)12-3-7-21(44-2)19(39)9-12/h3-4,6-9,11,14-15,23-24,39H,5,10H2,1-2H3/t14-,15+,23-,24-/m0/s1. The molecule has 2 aromatic rings. The smallest absolute Gasteiger partial charge is 0.433 e. The highest BCUT2D eigenvalue weighted by molar-refractivity contribution is 9.12. The number of amides is 2. The summed E-state index contributed by atoms with van der Waals surface area (Å²) in [4.78, 5) is 58.1. The van der Waals surface area contributed by atoms with Crippen LogP contribution in [0.2, 0.25) is 5.02 Å². The summed E-state index contributed by atoms with van der Waals surface area (Å²) >= 11 is 9.33. The van der Waals surface area contributed by atoms with Crippen LogP contribution < -0.4 is 9.75 Å². The molecule has 1 fully saturated rings. The van der Waals surface area contributed by atoms with Crippen LogP contribution in [0.1, 0.15) is 30.0 Å². The number of anilines is 1. The van der Waals surface area contributed by atoms with Gasteiger partial charge in [-0.2, -0.15) is 18.2 Å². The van der Waals surface area contributed by atoms with Crippen LogP contribution in [-0.4, -0.2) is 52.6 Å². The number of fused-ring (bicyclic) bond motifs is 3. The van der Waals surface area contributed by atoms with Crippen LogP contribution in [0.4, 0.5) is 19.0 Å². The number of pyridine rings is 1. The number of allylic oxidation sites excluding steroid dienone is 6. The van der Waals surface area contributed by atoms with Gasteiger partial charge in [0, 0.05) is 30.2 Å². The summed E-state index contributed by atoms with van der Waals surface area (Å²) < 4.78 is 45.5. The topological polar surface area (TPSA) is 117 Å². The Bertz CT molecular complexity index is 1770. The summed E-state index contributed by atoms with van der Waals surface area (Å²) in [5.41, 5.74) is 0.253. The first-order chi connectivity index (χ1) is 20.7. The lowest BCUT2D eigenvalue weighted by atomic mass is 9.59. The number of aromatic hydroxyl groups is 1. The highest BCUT2D eigenvalue weighted by atomic mass is 79.9. The minimum atomic E-state index is -4.79. The first-order valence-electron chi connectivity index (χ1n) is 13.4. The predicted molar refractivity (Wildman–Crippen MR) is 154 cm³/mol. The number of hydrazine groups is 1. The van der Waals surface area contributed by atoms with Crippen LogP contribution in [0, 0.1) is 17.8 Å². The number of nitrogens with zero attached hydrogens (tertiary/aromatic N) is 3. The molecular formula is C30H22BrClF3N3O6. The van der Waals surface area contributed by atoms with Crippen molar-refractivity contribution in [1.29, 1.82) is 0 Å². The molecule has 0 bridgehead atoms. The number of halogens is 5. The molecule has 1 aliphatic heterocycles. The lowest BCUT2D eigenvalue weighted by Crippen LogP contribution is -2.46. The Morgan fingerprint density at radius 3 is 2.50 bits per heavy atom. The van der Waals surface area contributed by atoms with Crippen molar-refractivity contribution in [2.75, 3.05) is 19.2 Å². The number of ketones is 2. The summed E-state index contributed by atoms with van der Waals surface area (Å²) in [7, 11) is 2.61. The van der Waals surface area contributed by atoms with Gasteiger partial charge >= 0.3 is 6.18 Å². The fourth-order valence-electron chi connectivity index (χ4n) is 6.66. The van der Waals surface area contributed by atoms with E-state index in [1.54, 1.807) is 12.1 Å². The minimum Gasteiger partial charge on any atom is -0.504 e. The second kappa shape index (κ2) is 10.6. The van der Waals surface area contributed by atoms with Gasteiger partial charge in [-0.15, -0.1) is 0 Å². The summed E-state index contributed by atoms with van der Waals surface area (Å²) in [6.07, 6.45) is -1.75. The molecule has 4 atom stereocenters. The number of phenolic OH excluding ortho intramolecular Hbond substituents is 1. The Labute approximate surface area is 261 Å². The molecule has 44 heavy (non-hydrogen) atoms. The molecule has 1 saturated heterocycles. The Morgan fingerprint density at radius 1 is 1.11 bits per heavy atom. The predicted octanol–water partition coefficient (Wildman–Crippen LogP) is 5.28. The van der Waals surface area contributed by atoms with Crippen LogP contribution in [-0.2, 0) is 25.4 Å². The number of Topliss-reactive ketones (excluding diaryl/α,β-unsaturated/α-hetero) is 1. The number of hydrogen-bond acceptors (Lipinski definition) is 8. The van der Waals surface area contributed by atoms with E-state index in [4.69, 9.17) is 16.3 Å². The fourth-order valence-corrected chi connectivity index (χ4v) is 7.34. The van der Waals surface area contributed by atoms with Crippen molar-refractivity contribution in [1.82, 2.24) is 9.99 Å². The SMILES string of the molecule is COc1ccc([C@H]2C3=CC[C@@H]4C(=O)N(N(C)c5nc(C(F)(F)F)ccc5Cl)C(=O)[C@@H]4[C@@H]3CC3=C2C(=O)C=C(Br)C3=O)cc1O. The number of imide groups is 1. The Balaban J connectivity index is 1.43. The van der Waals surface area contributed by atoms with Crippen molar-refractivity contribution in [3.05, 3.63) is 80.0 Å². The number of carbonyl (C=O) groups excluding carboxylic acids is 4. The van der Waals surface area contributed by atoms with Crippen LogP contribution in [0.3, 0.4) is 0 Å². The number of phenols is 1. The molecule has 0 unspecified atom stereocenters. The quantitative estimate of drug-likeness (QED) is 0.262. The molecule has 2 heterocycles. The van der Waals surface area contributed by atoms with Crippen LogP contribution in [0.15, 0.2) is 63.7 Å². The minimum absolute atomic E-state index is 0.0202. The zero-order chi connectivity index (χ0) is 31.8. The Kier molecular flexibility index (Phi) is 7.23. The maximum absolute atomic E-state index is 14.1. The second-order valence-corrected chi connectivity index (χ2v) is 12.1. The molecule has 3 aliphatic carbocycles. The van der Waals surface area contributed by atoms with E-state index in [1.165, 1.54) is 32.4 Å². The van der Waals surface area contributed by atoms with Crippen LogP contribution in [0.25, 0.3) is 0 Å². The largest absolute Gasteiger partial charge is 0.504 e. The van der Waals surface area contributed by atoms with Gasteiger partial charge in [0.1, 0.15) is 5.69 Å². The van der Waals surface area contributed by atoms with Crippen molar-refractivity contribution in [3.8, 4) is 11.5 Å². The third-order valence-corrected chi connectivity index (χ3v) is 9.45. The molecule has 6 rings (SSSR count). The van der Waals surface area contributed by atoms with Gasteiger partial charge < -0.3 is 9.84 Å². The summed E-state index contributed by atoms with van der Waals surface area (Å²) in [6, 6.07) is 6.29. The van der Waals surface area contributed by atoms with Gasteiger partial charge in [0.15, 0.2) is 28.9 Å². The van der Waals surface area contributed by atoms with E-state index in [0.717, 1.165) is 16.1 Å². The van der Waals surface area contributed by atoms with E-state index >= 15 is 0 Å². The third-order valence-electron chi connectivity index (χ3n) is 8.57. The van der Waals surface area contributed by atoms with E-state index in [0.29, 0.717) is 17.2 Å². The number of aromatic nitrogens is 1. The summed E-state index contributed by atoms with van der Waals surface area (Å²) in [6.45, 7) is 0. The molecule has 0 spiro atoms. The molecule has 0 radical (unpaired) electrons. The Hall–Kier alpha value is -3.97. The van der Waals surface area contributed by atoms with Crippen molar-refractivity contribution in [2.45, 2.75) is 24.9 Å². The summed E-state index contributed by atoms with van der Waals surface area (Å²) in [5, 5.41) is 12.0. The van der Waals surface area contributed by atoms with Gasteiger partial charge in [0.2, 0.25) is 0 Å². The van der Waals surface area contributed by atoms with E-state index < -0.39 is 64.7 Å². The first kappa shape index (κ1) is 30.1. The van der Waals surface area contributed by atoms with Gasteiger partial charge in [0.05, 0.1) is 28.5 Å². The average Bonchev–Trinajstić information content (AvgIpc) is 3.23. The fraction of sp³-hybridized carbons (Fsp3) is 0.300. The average molecular weight is 693 g/mol. The number of carbonyl (C=O) groups is 4. The summed E-state index contributed by atoms with van der Waals surface area (Å²) in [5.74, 6) is -6.04. The number of rotatable bonds is 4. The lowest BCUT2D eigenvalue weighted by Gasteiger charge is -2.42. The van der Waals surface area contributed by atoms with Crippen LogP contribution in [0.5, 0.6) is 11.5 Å². The van der Waals surface area contributed by atoms with E-state index in [9.17, 15) is 37.5 Å². The van der Waals surface area contributed by atoms with Crippen molar-refractivity contribution < 1.29 is 42.2 Å². The van der Waals surface area contributed by atoms with Gasteiger partial charge in [-0.3, -0.25) is 24.2 Å². The second-order valence-electron chi connectivity index (χ2n) is 10.8. The molecule has 2 amide bonds. The maximum atomic E-state index is 14.1. The van der Waals surface area contributed by atoms with Crippen molar-refractivity contribution in [3.63, 3.8) is 0 Å². The molecule has 1 aromatic carbocycles.